The van der Waals surface area contributed by atoms with E-state index in [2.05, 4.69) is 0 Å². The van der Waals surface area contributed by atoms with Gasteiger partial charge in [0.15, 0.2) is 0 Å². The lowest BCUT2D eigenvalue weighted by atomic mass is 10.0. The zero-order chi connectivity index (χ0) is 9.73. The van der Waals surface area contributed by atoms with Crippen molar-refractivity contribution in [3.05, 3.63) is 0 Å². The predicted octanol–water partition coefficient (Wildman–Crippen LogP) is 1.31. The Bertz CT molecular complexity index is 144. The van der Waals surface area contributed by atoms with Crippen LogP contribution in [-0.4, -0.2) is 32.0 Å². The van der Waals surface area contributed by atoms with Crippen LogP contribution in [0.15, 0.2) is 0 Å². The summed E-state index contributed by atoms with van der Waals surface area (Å²) in [4.78, 5) is 0. The van der Waals surface area contributed by atoms with Gasteiger partial charge < -0.3 is 15.2 Å². The molecule has 1 rings (SSSR count). The number of rotatable bonds is 5. The van der Waals surface area contributed by atoms with Gasteiger partial charge in [-0.05, 0) is 19.8 Å². The smallest absolute Gasteiger partial charge is 0.0808 e. The number of hydrogen-bond donors (Lipinski definition) is 1. The van der Waals surface area contributed by atoms with Gasteiger partial charge in [-0.3, -0.25) is 0 Å². The van der Waals surface area contributed by atoms with Crippen LogP contribution in [0.2, 0.25) is 0 Å². The number of ether oxygens (including phenoxy) is 2. The third-order valence-corrected chi connectivity index (χ3v) is 2.74. The number of nitrogens with two attached hydrogens (primary N) is 1. The first-order chi connectivity index (χ1) is 6.22. The highest BCUT2D eigenvalue weighted by atomic mass is 16.5. The second-order valence-corrected chi connectivity index (χ2v) is 3.98. The van der Waals surface area contributed by atoms with Crippen LogP contribution >= 0.6 is 0 Å². The summed E-state index contributed by atoms with van der Waals surface area (Å²) in [5, 5.41) is 0. The van der Waals surface area contributed by atoms with Crippen LogP contribution in [-0.2, 0) is 9.47 Å². The van der Waals surface area contributed by atoms with Crippen LogP contribution in [0.4, 0.5) is 0 Å². The molecule has 1 unspecified atom stereocenters. The number of hydrogen-bond acceptors (Lipinski definition) is 3. The fraction of sp³-hybridized carbons (Fsp3) is 1.00. The molecule has 2 N–H and O–H groups in total. The average Bonchev–Trinajstić information content (AvgIpc) is 2.54. The van der Waals surface area contributed by atoms with E-state index in [4.69, 9.17) is 15.2 Å². The van der Waals surface area contributed by atoms with Gasteiger partial charge >= 0.3 is 0 Å². The fourth-order valence-electron chi connectivity index (χ4n) is 2.08. The normalized spacial score (nSPS) is 23.3. The van der Waals surface area contributed by atoms with Crippen molar-refractivity contribution in [2.75, 3.05) is 20.3 Å². The molecule has 0 radical (unpaired) electrons. The van der Waals surface area contributed by atoms with Crippen LogP contribution in [0.5, 0.6) is 0 Å². The molecule has 1 atom stereocenters. The molecule has 0 spiro atoms. The summed E-state index contributed by atoms with van der Waals surface area (Å²) in [5.74, 6) is 0. The Kier molecular flexibility index (Phi) is 4.16. The summed E-state index contributed by atoms with van der Waals surface area (Å²) < 4.78 is 11.0. The number of methoxy groups -OCH3 is 1. The lowest BCUT2D eigenvalue weighted by molar-refractivity contribution is -0.0984. The van der Waals surface area contributed by atoms with E-state index in [1.807, 2.05) is 6.92 Å². The van der Waals surface area contributed by atoms with Gasteiger partial charge in [0.1, 0.15) is 0 Å². The van der Waals surface area contributed by atoms with Crippen molar-refractivity contribution in [2.45, 2.75) is 44.3 Å². The molecule has 0 amide bonds. The summed E-state index contributed by atoms with van der Waals surface area (Å²) >= 11 is 0. The van der Waals surface area contributed by atoms with Crippen molar-refractivity contribution in [3.8, 4) is 0 Å². The Morgan fingerprint density at radius 1 is 1.38 bits per heavy atom. The third kappa shape index (κ3) is 2.93. The maximum Gasteiger partial charge on any atom is 0.0808 e. The Hall–Kier alpha value is -0.120. The van der Waals surface area contributed by atoms with Crippen molar-refractivity contribution in [2.24, 2.45) is 5.73 Å². The van der Waals surface area contributed by atoms with Gasteiger partial charge in [-0.15, -0.1) is 0 Å². The quantitative estimate of drug-likeness (QED) is 0.705. The van der Waals surface area contributed by atoms with Crippen LogP contribution < -0.4 is 5.73 Å². The SMILES string of the molecule is COCC(C)OC1(CN)CCCC1. The van der Waals surface area contributed by atoms with Gasteiger partial charge in [0.25, 0.3) is 0 Å². The second kappa shape index (κ2) is 4.94. The van der Waals surface area contributed by atoms with Gasteiger partial charge in [0, 0.05) is 13.7 Å². The molecule has 1 aliphatic carbocycles. The van der Waals surface area contributed by atoms with E-state index in [-0.39, 0.29) is 11.7 Å². The lowest BCUT2D eigenvalue weighted by Gasteiger charge is -2.31. The molecule has 0 aromatic rings. The van der Waals surface area contributed by atoms with Gasteiger partial charge in [0.2, 0.25) is 0 Å². The van der Waals surface area contributed by atoms with Gasteiger partial charge in [-0.25, -0.2) is 0 Å². The van der Waals surface area contributed by atoms with E-state index in [1.165, 1.54) is 12.8 Å². The summed E-state index contributed by atoms with van der Waals surface area (Å²) in [6, 6.07) is 0. The zero-order valence-corrected chi connectivity index (χ0v) is 8.71. The molecule has 13 heavy (non-hydrogen) atoms. The van der Waals surface area contributed by atoms with Crippen molar-refractivity contribution in [1.82, 2.24) is 0 Å². The van der Waals surface area contributed by atoms with Crippen molar-refractivity contribution < 1.29 is 9.47 Å². The zero-order valence-electron chi connectivity index (χ0n) is 8.71. The molecule has 0 aromatic heterocycles. The van der Waals surface area contributed by atoms with E-state index in [1.54, 1.807) is 7.11 Å². The standard InChI is InChI=1S/C10H21NO2/c1-9(7-12-2)13-10(8-11)5-3-4-6-10/h9H,3-8,11H2,1-2H3. The van der Waals surface area contributed by atoms with E-state index in [0.717, 1.165) is 12.8 Å². The van der Waals surface area contributed by atoms with E-state index in [9.17, 15) is 0 Å². The minimum absolute atomic E-state index is 0.0437. The van der Waals surface area contributed by atoms with Crippen molar-refractivity contribution >= 4 is 0 Å². The Labute approximate surface area is 80.6 Å². The lowest BCUT2D eigenvalue weighted by Crippen LogP contribution is -2.41. The van der Waals surface area contributed by atoms with Crippen LogP contribution in [0.1, 0.15) is 32.6 Å². The Balaban J connectivity index is 2.38. The molecular weight excluding hydrogens is 166 g/mol. The van der Waals surface area contributed by atoms with E-state index in [0.29, 0.717) is 13.2 Å². The van der Waals surface area contributed by atoms with E-state index >= 15 is 0 Å². The van der Waals surface area contributed by atoms with Crippen molar-refractivity contribution in [1.29, 1.82) is 0 Å². The Morgan fingerprint density at radius 3 is 2.46 bits per heavy atom. The van der Waals surface area contributed by atoms with Crippen LogP contribution in [0.25, 0.3) is 0 Å². The summed E-state index contributed by atoms with van der Waals surface area (Å²) in [6.07, 6.45) is 4.87. The molecule has 1 aliphatic rings. The van der Waals surface area contributed by atoms with Crippen molar-refractivity contribution in [3.63, 3.8) is 0 Å². The first-order valence-electron chi connectivity index (χ1n) is 5.09. The van der Waals surface area contributed by atoms with Crippen LogP contribution in [0, 0.1) is 0 Å². The topological polar surface area (TPSA) is 44.5 Å². The summed E-state index contributed by atoms with van der Waals surface area (Å²) in [5.41, 5.74) is 5.70. The molecule has 0 aliphatic heterocycles. The summed E-state index contributed by atoms with van der Waals surface area (Å²) in [7, 11) is 1.70. The molecule has 1 fully saturated rings. The molecule has 0 bridgehead atoms. The van der Waals surface area contributed by atoms with Gasteiger partial charge in [-0.2, -0.15) is 0 Å². The summed E-state index contributed by atoms with van der Waals surface area (Å²) in [6.45, 7) is 3.34. The van der Waals surface area contributed by atoms with Crippen LogP contribution in [0.3, 0.4) is 0 Å². The largest absolute Gasteiger partial charge is 0.382 e. The van der Waals surface area contributed by atoms with Gasteiger partial charge in [0.05, 0.1) is 18.3 Å². The monoisotopic (exact) mass is 187 g/mol. The first-order valence-corrected chi connectivity index (χ1v) is 5.09. The minimum atomic E-state index is -0.0437. The maximum absolute atomic E-state index is 5.94. The molecule has 3 nitrogen and oxygen atoms in total. The third-order valence-electron chi connectivity index (χ3n) is 2.74. The highest BCUT2D eigenvalue weighted by Gasteiger charge is 2.34. The fourth-order valence-corrected chi connectivity index (χ4v) is 2.08. The molecule has 0 saturated heterocycles. The predicted molar refractivity (Wildman–Crippen MR) is 52.7 cm³/mol. The maximum atomic E-state index is 5.94. The first kappa shape index (κ1) is 11.0. The molecule has 3 heteroatoms. The average molecular weight is 187 g/mol. The Morgan fingerprint density at radius 2 is 2.00 bits per heavy atom. The highest BCUT2D eigenvalue weighted by Crippen LogP contribution is 2.33. The molecule has 0 heterocycles. The highest BCUT2D eigenvalue weighted by molar-refractivity contribution is 4.88. The molecule has 78 valence electrons. The van der Waals surface area contributed by atoms with E-state index < -0.39 is 0 Å². The second-order valence-electron chi connectivity index (χ2n) is 3.98. The molecular formula is C10H21NO2. The molecule has 0 aromatic carbocycles. The van der Waals surface area contributed by atoms with Gasteiger partial charge in [-0.1, -0.05) is 12.8 Å². The minimum Gasteiger partial charge on any atom is -0.382 e. The molecule has 1 saturated carbocycles.